The Morgan fingerprint density at radius 2 is 2.11 bits per heavy atom. The van der Waals surface area contributed by atoms with Crippen LogP contribution in [0.5, 0.6) is 0 Å². The van der Waals surface area contributed by atoms with Crippen LogP contribution >= 0.6 is 24.0 Å². The molecule has 1 N–H and O–H groups in total. The smallest absolute Gasteiger partial charge is 0.255 e. The van der Waals surface area contributed by atoms with Crippen LogP contribution in [0, 0.1) is 5.82 Å². The summed E-state index contributed by atoms with van der Waals surface area (Å²) in [6.07, 6.45) is 0.901. The molecule has 100 valence electrons. The number of nitrogens with zero attached hydrogens (tertiary/aromatic N) is 1. The minimum Gasteiger partial charge on any atom is -0.337 e. The summed E-state index contributed by atoms with van der Waals surface area (Å²) in [7, 11) is 0. The first-order valence-corrected chi connectivity index (χ1v) is 6.02. The summed E-state index contributed by atoms with van der Waals surface area (Å²) in [5, 5.41) is 3.12. The predicted octanol–water partition coefficient (Wildman–Crippen LogP) is 2.34. The average molecular weight is 293 g/mol. The van der Waals surface area contributed by atoms with Gasteiger partial charge >= 0.3 is 0 Å². The lowest BCUT2D eigenvalue weighted by atomic mass is 10.2. The minimum atomic E-state index is -0.550. The third-order valence-electron chi connectivity index (χ3n) is 2.81. The molecule has 1 fully saturated rings. The van der Waals surface area contributed by atoms with Crippen LogP contribution in [0.15, 0.2) is 18.2 Å². The van der Waals surface area contributed by atoms with Crippen molar-refractivity contribution in [3.8, 4) is 0 Å². The maximum Gasteiger partial charge on any atom is 0.255 e. The fourth-order valence-electron chi connectivity index (χ4n) is 1.89. The lowest BCUT2D eigenvalue weighted by molar-refractivity contribution is 0.0766. The molecule has 0 spiro atoms. The van der Waals surface area contributed by atoms with E-state index in [-0.39, 0.29) is 28.9 Å². The van der Waals surface area contributed by atoms with Gasteiger partial charge in [-0.15, -0.1) is 12.4 Å². The number of halogens is 3. The Hall–Kier alpha value is -0.840. The second kappa shape index (κ2) is 6.92. The van der Waals surface area contributed by atoms with Gasteiger partial charge in [-0.25, -0.2) is 4.39 Å². The summed E-state index contributed by atoms with van der Waals surface area (Å²) < 4.78 is 13.3. The molecule has 0 bridgehead atoms. The van der Waals surface area contributed by atoms with Crippen LogP contribution in [-0.4, -0.2) is 37.0 Å². The second-order valence-corrected chi connectivity index (χ2v) is 4.38. The zero-order chi connectivity index (χ0) is 12.3. The normalized spacial score (nSPS) is 15.8. The molecule has 0 unspecified atom stereocenters. The van der Waals surface area contributed by atoms with Gasteiger partial charge in [-0.05, 0) is 25.1 Å². The van der Waals surface area contributed by atoms with E-state index in [0.717, 1.165) is 19.5 Å². The van der Waals surface area contributed by atoms with E-state index in [2.05, 4.69) is 5.32 Å². The van der Waals surface area contributed by atoms with Crippen molar-refractivity contribution in [2.24, 2.45) is 0 Å². The van der Waals surface area contributed by atoms with Crippen molar-refractivity contribution in [1.29, 1.82) is 0 Å². The molecule has 18 heavy (non-hydrogen) atoms. The molecule has 6 heteroatoms. The van der Waals surface area contributed by atoms with Crippen LogP contribution in [0.2, 0.25) is 5.02 Å². The molecule has 0 aliphatic carbocycles. The number of carbonyl (C=O) groups excluding carboxylic acids is 1. The standard InChI is InChI=1S/C12H14ClFN2O.ClH/c13-11-9(3-1-4-10(11)14)12(17)16-7-2-5-15-6-8-16;/h1,3-4,15H,2,5-8H2;1H. The molecule has 1 aromatic carbocycles. The fraction of sp³-hybridized carbons (Fsp3) is 0.417. The highest BCUT2D eigenvalue weighted by molar-refractivity contribution is 6.34. The van der Waals surface area contributed by atoms with Crippen molar-refractivity contribution in [1.82, 2.24) is 10.2 Å². The van der Waals surface area contributed by atoms with Gasteiger partial charge in [0.05, 0.1) is 10.6 Å². The molecule has 0 saturated carbocycles. The van der Waals surface area contributed by atoms with Gasteiger partial charge in [0.25, 0.3) is 5.91 Å². The number of nitrogens with one attached hydrogen (secondary N) is 1. The molecule has 0 radical (unpaired) electrons. The van der Waals surface area contributed by atoms with Crippen LogP contribution in [0.3, 0.4) is 0 Å². The van der Waals surface area contributed by atoms with Crippen molar-refractivity contribution in [3.05, 3.63) is 34.6 Å². The fourth-order valence-corrected chi connectivity index (χ4v) is 2.09. The molecular formula is C12H15Cl2FN2O. The average Bonchev–Trinajstić information content (AvgIpc) is 2.60. The molecular weight excluding hydrogens is 278 g/mol. The molecule has 1 aliphatic rings. The Labute approximate surface area is 117 Å². The van der Waals surface area contributed by atoms with Gasteiger partial charge in [0.2, 0.25) is 0 Å². The highest BCUT2D eigenvalue weighted by Gasteiger charge is 2.20. The van der Waals surface area contributed by atoms with Crippen molar-refractivity contribution in [2.75, 3.05) is 26.2 Å². The molecule has 1 heterocycles. The van der Waals surface area contributed by atoms with Gasteiger partial charge in [0.15, 0.2) is 0 Å². The number of benzene rings is 1. The topological polar surface area (TPSA) is 32.3 Å². The number of hydrogen-bond acceptors (Lipinski definition) is 2. The summed E-state index contributed by atoms with van der Waals surface area (Å²) >= 11 is 5.81. The first kappa shape index (κ1) is 15.2. The number of rotatable bonds is 1. The maximum atomic E-state index is 13.3. The number of amides is 1. The predicted molar refractivity (Wildman–Crippen MR) is 72.0 cm³/mol. The molecule has 1 amide bonds. The first-order valence-electron chi connectivity index (χ1n) is 5.64. The van der Waals surface area contributed by atoms with Crippen LogP contribution in [0.25, 0.3) is 0 Å². The van der Waals surface area contributed by atoms with E-state index in [9.17, 15) is 9.18 Å². The van der Waals surface area contributed by atoms with Gasteiger partial charge in [0.1, 0.15) is 5.82 Å². The largest absolute Gasteiger partial charge is 0.337 e. The quantitative estimate of drug-likeness (QED) is 0.862. The van der Waals surface area contributed by atoms with E-state index in [4.69, 9.17) is 11.6 Å². The van der Waals surface area contributed by atoms with Gasteiger partial charge in [-0.2, -0.15) is 0 Å². The van der Waals surface area contributed by atoms with E-state index >= 15 is 0 Å². The molecule has 2 rings (SSSR count). The highest BCUT2D eigenvalue weighted by atomic mass is 35.5. The van der Waals surface area contributed by atoms with Gasteiger partial charge < -0.3 is 10.2 Å². The van der Waals surface area contributed by atoms with Crippen molar-refractivity contribution in [3.63, 3.8) is 0 Å². The first-order chi connectivity index (χ1) is 8.20. The Morgan fingerprint density at radius 1 is 1.33 bits per heavy atom. The number of hydrogen-bond donors (Lipinski definition) is 1. The number of carbonyl (C=O) groups is 1. The molecule has 1 saturated heterocycles. The van der Waals surface area contributed by atoms with E-state index in [1.807, 2.05) is 0 Å². The summed E-state index contributed by atoms with van der Waals surface area (Å²) in [5.41, 5.74) is 0.244. The Bertz CT molecular complexity index is 421. The van der Waals surface area contributed by atoms with Gasteiger partial charge in [-0.3, -0.25) is 4.79 Å². The maximum absolute atomic E-state index is 13.3. The Balaban J connectivity index is 0.00000162. The second-order valence-electron chi connectivity index (χ2n) is 4.00. The van der Waals surface area contributed by atoms with Crippen LogP contribution in [-0.2, 0) is 0 Å². The molecule has 1 aromatic rings. The molecule has 0 aromatic heterocycles. The highest BCUT2D eigenvalue weighted by Crippen LogP contribution is 2.21. The molecule has 3 nitrogen and oxygen atoms in total. The van der Waals surface area contributed by atoms with E-state index < -0.39 is 5.82 Å². The Kier molecular flexibility index (Phi) is 5.85. The van der Waals surface area contributed by atoms with E-state index in [0.29, 0.717) is 13.1 Å². The Morgan fingerprint density at radius 3 is 2.89 bits per heavy atom. The third kappa shape index (κ3) is 3.34. The summed E-state index contributed by atoms with van der Waals surface area (Å²) in [6.45, 7) is 2.98. The van der Waals surface area contributed by atoms with Crippen LogP contribution in [0.1, 0.15) is 16.8 Å². The molecule has 0 atom stereocenters. The zero-order valence-electron chi connectivity index (χ0n) is 9.79. The summed E-state index contributed by atoms with van der Waals surface area (Å²) in [4.78, 5) is 13.9. The monoisotopic (exact) mass is 292 g/mol. The van der Waals surface area contributed by atoms with E-state index in [1.54, 1.807) is 11.0 Å². The SMILES string of the molecule is Cl.O=C(c1cccc(F)c1Cl)N1CCCNCC1. The van der Waals surface area contributed by atoms with Crippen molar-refractivity contribution in [2.45, 2.75) is 6.42 Å². The van der Waals surface area contributed by atoms with Crippen molar-refractivity contribution < 1.29 is 9.18 Å². The summed E-state index contributed by atoms with van der Waals surface area (Å²) in [6, 6.07) is 4.32. The third-order valence-corrected chi connectivity index (χ3v) is 3.19. The lowest BCUT2D eigenvalue weighted by Gasteiger charge is -2.20. The minimum absolute atomic E-state index is 0. The van der Waals surface area contributed by atoms with Crippen LogP contribution in [0.4, 0.5) is 4.39 Å². The van der Waals surface area contributed by atoms with Gasteiger partial charge in [-0.1, -0.05) is 17.7 Å². The van der Waals surface area contributed by atoms with E-state index in [1.165, 1.54) is 12.1 Å². The summed E-state index contributed by atoms with van der Waals surface area (Å²) in [5.74, 6) is -0.747. The zero-order valence-corrected chi connectivity index (χ0v) is 11.4. The van der Waals surface area contributed by atoms with Crippen LogP contribution < -0.4 is 5.32 Å². The van der Waals surface area contributed by atoms with Gasteiger partial charge in [0, 0.05) is 19.6 Å². The lowest BCUT2D eigenvalue weighted by Crippen LogP contribution is -2.34. The molecule has 1 aliphatic heterocycles. The van der Waals surface area contributed by atoms with Crippen molar-refractivity contribution >= 4 is 29.9 Å².